The molecule has 1 unspecified atom stereocenters. The Labute approximate surface area is 84.7 Å². The van der Waals surface area contributed by atoms with Gasteiger partial charge in [-0.25, -0.2) is 0 Å². The summed E-state index contributed by atoms with van der Waals surface area (Å²) in [5.74, 6) is 1.49. The van der Waals surface area contributed by atoms with E-state index in [1.807, 2.05) is 19.9 Å². The molecule has 0 saturated heterocycles. The molecule has 0 aliphatic heterocycles. The van der Waals surface area contributed by atoms with Crippen LogP contribution in [0.25, 0.3) is 0 Å². The summed E-state index contributed by atoms with van der Waals surface area (Å²) in [4.78, 5) is 0. The fourth-order valence-corrected chi connectivity index (χ4v) is 1.19. The Balaban J connectivity index is 2.39. The fourth-order valence-electron chi connectivity index (χ4n) is 1.19. The zero-order valence-electron chi connectivity index (χ0n) is 8.82. The van der Waals surface area contributed by atoms with Crippen LogP contribution in [0.4, 0.5) is 0 Å². The van der Waals surface area contributed by atoms with Gasteiger partial charge >= 0.3 is 0 Å². The summed E-state index contributed by atoms with van der Waals surface area (Å²) < 4.78 is 10.6. The summed E-state index contributed by atoms with van der Waals surface area (Å²) in [6, 6.07) is 3.69. The molecule has 1 atom stereocenters. The number of furan rings is 1. The van der Waals surface area contributed by atoms with E-state index < -0.39 is 6.10 Å². The van der Waals surface area contributed by atoms with Gasteiger partial charge in [0.1, 0.15) is 17.6 Å². The first-order chi connectivity index (χ1) is 6.77. The van der Waals surface area contributed by atoms with E-state index in [0.717, 1.165) is 18.6 Å². The number of aliphatic hydroxyl groups excluding tert-OH is 1. The minimum atomic E-state index is -0.637. The Morgan fingerprint density at radius 3 is 2.79 bits per heavy atom. The molecule has 0 radical (unpaired) electrons. The molecule has 0 aliphatic carbocycles. The lowest BCUT2D eigenvalue weighted by molar-refractivity contribution is 0.0248. The summed E-state index contributed by atoms with van der Waals surface area (Å²) in [5, 5.41) is 9.64. The summed E-state index contributed by atoms with van der Waals surface area (Å²) >= 11 is 0. The van der Waals surface area contributed by atoms with Crippen molar-refractivity contribution in [2.45, 2.75) is 32.8 Å². The zero-order chi connectivity index (χ0) is 10.4. The zero-order valence-corrected chi connectivity index (χ0v) is 8.82. The van der Waals surface area contributed by atoms with Crippen molar-refractivity contribution in [1.82, 2.24) is 0 Å². The van der Waals surface area contributed by atoms with E-state index in [1.54, 1.807) is 6.07 Å². The molecular weight excluding hydrogens is 180 g/mol. The van der Waals surface area contributed by atoms with Crippen LogP contribution < -0.4 is 0 Å². The Morgan fingerprint density at radius 1 is 1.43 bits per heavy atom. The first kappa shape index (κ1) is 11.3. The first-order valence-electron chi connectivity index (χ1n) is 5.12. The monoisotopic (exact) mass is 198 g/mol. The molecule has 80 valence electrons. The maximum Gasteiger partial charge on any atom is 0.135 e. The Hall–Kier alpha value is -0.800. The number of hydrogen-bond acceptors (Lipinski definition) is 3. The summed E-state index contributed by atoms with van der Waals surface area (Å²) in [7, 11) is 0. The van der Waals surface area contributed by atoms with Crippen molar-refractivity contribution in [3.05, 3.63) is 23.7 Å². The van der Waals surface area contributed by atoms with Crippen LogP contribution in [0.15, 0.2) is 16.5 Å². The number of rotatable bonds is 6. The van der Waals surface area contributed by atoms with Gasteiger partial charge < -0.3 is 14.3 Å². The molecular formula is C11H18O3. The molecule has 1 N–H and O–H groups in total. The van der Waals surface area contributed by atoms with Crippen LogP contribution in [0.3, 0.4) is 0 Å². The SMILES string of the molecule is CCCOCC(O)c1ccc(CC)o1. The summed E-state index contributed by atoms with van der Waals surface area (Å²) in [5.41, 5.74) is 0. The van der Waals surface area contributed by atoms with E-state index in [2.05, 4.69) is 0 Å². The molecule has 0 spiro atoms. The molecule has 0 aliphatic rings. The van der Waals surface area contributed by atoms with E-state index in [9.17, 15) is 5.11 Å². The minimum Gasteiger partial charge on any atom is -0.463 e. The van der Waals surface area contributed by atoms with Crippen molar-refractivity contribution in [2.75, 3.05) is 13.2 Å². The molecule has 14 heavy (non-hydrogen) atoms. The maximum atomic E-state index is 9.64. The van der Waals surface area contributed by atoms with E-state index in [-0.39, 0.29) is 0 Å². The fraction of sp³-hybridized carbons (Fsp3) is 0.636. The van der Waals surface area contributed by atoms with Gasteiger partial charge in [0.25, 0.3) is 0 Å². The van der Waals surface area contributed by atoms with Gasteiger partial charge in [-0.1, -0.05) is 13.8 Å². The minimum absolute atomic E-state index is 0.310. The molecule has 1 aromatic heterocycles. The van der Waals surface area contributed by atoms with Crippen LogP contribution in [0.2, 0.25) is 0 Å². The quantitative estimate of drug-likeness (QED) is 0.713. The summed E-state index contributed by atoms with van der Waals surface area (Å²) in [6.07, 6.45) is 1.18. The molecule has 1 rings (SSSR count). The Kier molecular flexibility index (Phi) is 4.70. The molecule has 0 amide bonds. The highest BCUT2D eigenvalue weighted by molar-refractivity contribution is 5.09. The molecule has 0 aromatic carbocycles. The first-order valence-corrected chi connectivity index (χ1v) is 5.12. The molecule has 0 bridgehead atoms. The van der Waals surface area contributed by atoms with Crippen LogP contribution in [0, 0.1) is 0 Å². The van der Waals surface area contributed by atoms with Crippen LogP contribution in [-0.2, 0) is 11.2 Å². The second-order valence-electron chi connectivity index (χ2n) is 3.25. The number of aliphatic hydroxyl groups is 1. The predicted molar refractivity (Wildman–Crippen MR) is 54.2 cm³/mol. The molecule has 1 heterocycles. The van der Waals surface area contributed by atoms with Gasteiger partial charge in [-0.3, -0.25) is 0 Å². The highest BCUT2D eigenvalue weighted by Gasteiger charge is 2.11. The lowest BCUT2D eigenvalue weighted by Crippen LogP contribution is -2.06. The normalized spacial score (nSPS) is 13.1. The van der Waals surface area contributed by atoms with Crippen LogP contribution in [-0.4, -0.2) is 18.3 Å². The molecule has 3 nitrogen and oxygen atoms in total. The van der Waals surface area contributed by atoms with Crippen LogP contribution >= 0.6 is 0 Å². The average Bonchev–Trinajstić information content (AvgIpc) is 2.66. The van der Waals surface area contributed by atoms with E-state index in [0.29, 0.717) is 19.0 Å². The van der Waals surface area contributed by atoms with Gasteiger partial charge in [0.15, 0.2) is 0 Å². The lowest BCUT2D eigenvalue weighted by atomic mass is 10.3. The molecule has 1 aromatic rings. The van der Waals surface area contributed by atoms with Gasteiger partial charge in [0.05, 0.1) is 6.61 Å². The Morgan fingerprint density at radius 2 is 2.21 bits per heavy atom. The topological polar surface area (TPSA) is 42.6 Å². The largest absolute Gasteiger partial charge is 0.463 e. The van der Waals surface area contributed by atoms with Crippen LogP contribution in [0.5, 0.6) is 0 Å². The predicted octanol–water partition coefficient (Wildman–Crippen LogP) is 2.30. The van der Waals surface area contributed by atoms with Gasteiger partial charge in [-0.2, -0.15) is 0 Å². The van der Waals surface area contributed by atoms with E-state index in [1.165, 1.54) is 0 Å². The van der Waals surface area contributed by atoms with Crippen molar-refractivity contribution in [1.29, 1.82) is 0 Å². The van der Waals surface area contributed by atoms with Crippen molar-refractivity contribution in [3.8, 4) is 0 Å². The highest BCUT2D eigenvalue weighted by atomic mass is 16.5. The second-order valence-corrected chi connectivity index (χ2v) is 3.25. The third-order valence-corrected chi connectivity index (χ3v) is 1.98. The van der Waals surface area contributed by atoms with Gasteiger partial charge in [-0.15, -0.1) is 0 Å². The van der Waals surface area contributed by atoms with E-state index in [4.69, 9.17) is 9.15 Å². The number of aryl methyl sites for hydroxylation is 1. The smallest absolute Gasteiger partial charge is 0.135 e. The highest BCUT2D eigenvalue weighted by Crippen LogP contribution is 2.17. The van der Waals surface area contributed by atoms with Crippen molar-refractivity contribution in [2.24, 2.45) is 0 Å². The van der Waals surface area contributed by atoms with E-state index >= 15 is 0 Å². The standard InChI is InChI=1S/C11H18O3/c1-3-7-13-8-10(12)11-6-5-9(4-2)14-11/h5-6,10,12H,3-4,7-8H2,1-2H3. The maximum absolute atomic E-state index is 9.64. The second kappa shape index (κ2) is 5.83. The van der Waals surface area contributed by atoms with Crippen molar-refractivity contribution < 1.29 is 14.3 Å². The van der Waals surface area contributed by atoms with Crippen molar-refractivity contribution >= 4 is 0 Å². The molecule has 0 fully saturated rings. The number of ether oxygens (including phenoxy) is 1. The average molecular weight is 198 g/mol. The lowest BCUT2D eigenvalue weighted by Gasteiger charge is -2.07. The van der Waals surface area contributed by atoms with Crippen molar-refractivity contribution in [3.63, 3.8) is 0 Å². The third-order valence-electron chi connectivity index (χ3n) is 1.98. The molecule has 0 saturated carbocycles. The van der Waals surface area contributed by atoms with Crippen LogP contribution in [0.1, 0.15) is 37.9 Å². The number of hydrogen-bond donors (Lipinski definition) is 1. The Bertz CT molecular complexity index is 255. The van der Waals surface area contributed by atoms with Gasteiger partial charge in [0, 0.05) is 13.0 Å². The summed E-state index contributed by atoms with van der Waals surface area (Å²) in [6.45, 7) is 5.04. The molecule has 3 heteroatoms. The van der Waals surface area contributed by atoms with Gasteiger partial charge in [-0.05, 0) is 18.6 Å². The van der Waals surface area contributed by atoms with Gasteiger partial charge in [0.2, 0.25) is 0 Å². The third kappa shape index (κ3) is 3.16.